The molecule has 1 aromatic rings. The molecule has 0 saturated carbocycles. The number of benzene rings is 1. The van der Waals surface area contributed by atoms with Gasteiger partial charge in [-0.25, -0.2) is 4.57 Å². The molecule has 0 aliphatic carbocycles. The molecule has 0 radical (unpaired) electrons. The van der Waals surface area contributed by atoms with E-state index < -0.39 is 135 Å². The Morgan fingerprint density at radius 2 is 1.43 bits per heavy atom. The van der Waals surface area contributed by atoms with Crippen LogP contribution in [0.5, 0.6) is 5.75 Å². The van der Waals surface area contributed by atoms with Gasteiger partial charge in [-0.15, -0.1) is 0 Å². The molecule has 7 amide bonds. The quantitative estimate of drug-likeness (QED) is 0.0327. The van der Waals surface area contributed by atoms with E-state index in [-0.39, 0.29) is 12.2 Å². The maximum atomic E-state index is 13.5. The number of phosphoric acid groups is 1. The van der Waals surface area contributed by atoms with E-state index in [1.54, 1.807) is 0 Å². The Bertz CT molecular complexity index is 1820. The molecule has 61 heavy (non-hydrogen) atoms. The Morgan fingerprint density at radius 1 is 0.803 bits per heavy atom. The normalized spacial score (nSPS) is 17.0. The molecule has 8 atom stereocenters. The molecule has 0 bridgehead atoms. The minimum atomic E-state index is -5.39. The van der Waals surface area contributed by atoms with Crippen molar-refractivity contribution in [2.75, 3.05) is 13.1 Å². The lowest BCUT2D eigenvalue weighted by molar-refractivity contribution is -0.142. The lowest BCUT2D eigenvalue weighted by Gasteiger charge is -2.28. The van der Waals surface area contributed by atoms with E-state index in [0.29, 0.717) is 24.8 Å². The van der Waals surface area contributed by atoms with Gasteiger partial charge >= 0.3 is 19.8 Å². The summed E-state index contributed by atoms with van der Waals surface area (Å²) in [7, 11) is -5.39. The number of amides is 7. The second-order valence-electron chi connectivity index (χ2n) is 14.0. The van der Waals surface area contributed by atoms with Crippen LogP contribution in [0, 0.1) is 0 Å². The summed E-state index contributed by atoms with van der Waals surface area (Å²) in [5, 5.41) is 46.8. The number of carboxylic acid groups (broad SMARTS) is 2. The minimum absolute atomic E-state index is 0.0211. The fraction of sp³-hybridized carbons (Fsp3) is 0.543. The third-order valence-corrected chi connectivity index (χ3v) is 9.41. The molecule has 0 aromatic heterocycles. The first-order valence-electron chi connectivity index (χ1n) is 18.7. The van der Waals surface area contributed by atoms with Gasteiger partial charge in [-0.3, -0.25) is 47.7 Å². The number of phenolic OH excluding ortho intramolecular Hbond substituents is 1. The lowest BCUT2D eigenvalue weighted by atomic mass is 10.0. The molecule has 0 spiro atoms. The highest BCUT2D eigenvalue weighted by Crippen LogP contribution is 2.38. The molecule has 1 aliphatic rings. The number of carboxylic acids is 2. The fourth-order valence-corrected chi connectivity index (χ4v) is 6.23. The lowest BCUT2D eigenvalue weighted by Crippen LogP contribution is -2.61. The zero-order valence-corrected chi connectivity index (χ0v) is 34.1. The smallest absolute Gasteiger partial charge is 0.469 e. The molecule has 0 unspecified atom stereocenters. The summed E-state index contributed by atoms with van der Waals surface area (Å²) in [5.74, 6) is -10.2. The van der Waals surface area contributed by atoms with Gasteiger partial charge in [0.1, 0.15) is 42.2 Å². The average Bonchev–Trinajstić information content (AvgIpc) is 3.72. The molecule has 25 nitrogen and oxygen atoms in total. The van der Waals surface area contributed by atoms with Crippen LogP contribution in [-0.2, 0) is 63.5 Å². The van der Waals surface area contributed by atoms with E-state index in [0.717, 1.165) is 13.3 Å². The highest BCUT2D eigenvalue weighted by atomic mass is 31.2. The topological polar surface area (TPSA) is 394 Å². The van der Waals surface area contributed by atoms with Crippen LogP contribution in [0.3, 0.4) is 0 Å². The Balaban J connectivity index is 2.19. The Morgan fingerprint density at radius 3 is 1.98 bits per heavy atom. The second-order valence-corrected chi connectivity index (χ2v) is 15.2. The number of phenols is 1. The molecule has 26 heteroatoms. The summed E-state index contributed by atoms with van der Waals surface area (Å²) < 4.78 is 16.2. The molecule has 2 rings (SSSR count). The first kappa shape index (κ1) is 51.1. The molecular weight excluding hydrogens is 835 g/mol. The predicted octanol–water partition coefficient (Wildman–Crippen LogP) is -4.21. The first-order valence-corrected chi connectivity index (χ1v) is 20.3. The van der Waals surface area contributed by atoms with Crippen LogP contribution in [0.25, 0.3) is 0 Å². The molecule has 1 fully saturated rings. The van der Waals surface area contributed by atoms with Crippen molar-refractivity contribution in [1.82, 2.24) is 42.5 Å². The van der Waals surface area contributed by atoms with Gasteiger partial charge in [0.15, 0.2) is 0 Å². The van der Waals surface area contributed by atoms with Crippen LogP contribution in [0.4, 0.5) is 0 Å². The van der Waals surface area contributed by atoms with Crippen molar-refractivity contribution in [1.29, 1.82) is 0 Å². The van der Waals surface area contributed by atoms with E-state index >= 15 is 0 Å². The second kappa shape index (κ2) is 24.3. The summed E-state index contributed by atoms with van der Waals surface area (Å²) in [6, 6.07) is -4.13. The van der Waals surface area contributed by atoms with Crippen LogP contribution in [-0.4, -0.2) is 146 Å². The van der Waals surface area contributed by atoms with Crippen molar-refractivity contribution in [3.63, 3.8) is 0 Å². The van der Waals surface area contributed by atoms with Gasteiger partial charge in [-0.05, 0) is 64.3 Å². The van der Waals surface area contributed by atoms with Gasteiger partial charge in [0.05, 0.1) is 31.2 Å². The van der Waals surface area contributed by atoms with Crippen molar-refractivity contribution < 1.29 is 82.1 Å². The number of aromatic hydroxyl groups is 1. The number of hydrogen-bond donors (Lipinski definition) is 13. The zero-order valence-electron chi connectivity index (χ0n) is 33.2. The fourth-order valence-electron chi connectivity index (χ4n) is 5.67. The summed E-state index contributed by atoms with van der Waals surface area (Å²) in [5.41, 5.74) is 0.569. The standard InChI is InChI=1S/C35H51N8O17P/c1-17(16-44)38-33(54)25(14-28(49)50)42-35(56)29(19(3)60-61(57,58)59)43-32(53)23(10-11-27(47)48)40-26(46)15-37-30(51)18(2)39-34(55)24(13-20-6-8-21(45)9-7-20)41-31(52)22-5-4-12-36-22/h6-9,16-19,22-25,29,36,45H,4-5,10-15H2,1-3H3,(H,37,51)(H,38,54)(H,39,55)(H,40,46)(H,41,52)(H,42,56)(H,43,53)(H,47,48)(H,49,50)(H2,57,58,59)/t17-,18-,19+,22-,23-,24-,25-,29-/m0/s1. The van der Waals surface area contributed by atoms with E-state index in [1.165, 1.54) is 38.1 Å². The number of aliphatic carboxylic acids is 2. The zero-order chi connectivity index (χ0) is 46.0. The predicted molar refractivity (Wildman–Crippen MR) is 207 cm³/mol. The Kier molecular flexibility index (Phi) is 20.4. The molecule has 13 N–H and O–H groups in total. The highest BCUT2D eigenvalue weighted by molar-refractivity contribution is 7.46. The van der Waals surface area contributed by atoms with Crippen molar-refractivity contribution in [3.05, 3.63) is 29.8 Å². The summed E-state index contributed by atoms with van der Waals surface area (Å²) in [6.07, 6.45) is -2.82. The van der Waals surface area contributed by atoms with Gasteiger partial charge in [-0.1, -0.05) is 12.1 Å². The third kappa shape index (κ3) is 18.8. The maximum Gasteiger partial charge on any atom is 0.469 e. The number of carbonyl (C=O) groups excluding carboxylic acids is 8. The number of phosphoric ester groups is 1. The van der Waals surface area contributed by atoms with Gasteiger partial charge < -0.3 is 72.4 Å². The SMILES string of the molecule is C[C@H](NC(=O)[C@H](Cc1ccc(O)cc1)NC(=O)[C@@H]1CCCN1)C(=O)NCC(=O)N[C@@H](CCC(=O)O)C(=O)N[C@H](C(=O)N[C@@H](CC(=O)O)C(=O)N[C@@H](C)C=O)[C@@H](C)OP(=O)(O)O. The Hall–Kier alpha value is -6.01. The van der Waals surface area contributed by atoms with E-state index in [4.69, 9.17) is 0 Å². The van der Waals surface area contributed by atoms with E-state index in [1.807, 2.05) is 10.6 Å². The summed E-state index contributed by atoms with van der Waals surface area (Å²) in [6.45, 7) is 3.15. The van der Waals surface area contributed by atoms with Gasteiger partial charge in [-0.2, -0.15) is 0 Å². The largest absolute Gasteiger partial charge is 0.508 e. The average molecular weight is 887 g/mol. The number of hydrogen-bond acceptors (Lipinski definition) is 14. The molecule has 1 heterocycles. The third-order valence-electron chi connectivity index (χ3n) is 8.80. The Labute approximate surface area is 348 Å². The maximum absolute atomic E-state index is 13.5. The monoisotopic (exact) mass is 886 g/mol. The molecular formula is C35H51N8O17P. The van der Waals surface area contributed by atoms with Crippen LogP contribution >= 0.6 is 7.82 Å². The number of nitrogens with one attached hydrogen (secondary N) is 8. The van der Waals surface area contributed by atoms with E-state index in [9.17, 15) is 77.6 Å². The van der Waals surface area contributed by atoms with Crippen LogP contribution in [0.1, 0.15) is 58.4 Å². The van der Waals surface area contributed by atoms with Crippen molar-refractivity contribution >= 4 is 67.4 Å². The first-order chi connectivity index (χ1) is 28.5. The van der Waals surface area contributed by atoms with Gasteiger partial charge in [0.25, 0.3) is 0 Å². The van der Waals surface area contributed by atoms with Crippen LogP contribution < -0.4 is 42.5 Å². The van der Waals surface area contributed by atoms with Crippen LogP contribution in [0.2, 0.25) is 0 Å². The number of rotatable bonds is 25. The summed E-state index contributed by atoms with van der Waals surface area (Å²) in [4.78, 5) is 144. The minimum Gasteiger partial charge on any atom is -0.508 e. The molecule has 338 valence electrons. The van der Waals surface area contributed by atoms with Crippen LogP contribution in [0.15, 0.2) is 24.3 Å². The summed E-state index contributed by atoms with van der Waals surface area (Å²) >= 11 is 0. The highest BCUT2D eigenvalue weighted by Gasteiger charge is 2.37. The van der Waals surface area contributed by atoms with Crippen molar-refractivity contribution in [2.45, 2.75) is 108 Å². The van der Waals surface area contributed by atoms with E-state index in [2.05, 4.69) is 36.4 Å². The van der Waals surface area contributed by atoms with Gasteiger partial charge in [0.2, 0.25) is 41.4 Å². The number of carbonyl (C=O) groups is 10. The number of aldehydes is 1. The van der Waals surface area contributed by atoms with Crippen molar-refractivity contribution in [2.24, 2.45) is 0 Å². The molecule has 1 saturated heterocycles. The van der Waals surface area contributed by atoms with Gasteiger partial charge in [0, 0.05) is 12.8 Å². The molecule has 1 aliphatic heterocycles. The molecule has 1 aromatic carbocycles. The van der Waals surface area contributed by atoms with Crippen molar-refractivity contribution in [3.8, 4) is 5.75 Å².